The fourth-order valence-electron chi connectivity index (χ4n) is 6.46. The summed E-state index contributed by atoms with van der Waals surface area (Å²) in [5.74, 6) is 0. The van der Waals surface area contributed by atoms with Crippen molar-refractivity contribution in [2.45, 2.75) is 13.8 Å². The van der Waals surface area contributed by atoms with Gasteiger partial charge in [0.05, 0.1) is 0 Å². The Morgan fingerprint density at radius 2 is 1.22 bits per heavy atom. The van der Waals surface area contributed by atoms with Gasteiger partial charge in [-0.15, -0.1) is 0 Å². The van der Waals surface area contributed by atoms with E-state index in [-0.39, 0.29) is 0 Å². The summed E-state index contributed by atoms with van der Waals surface area (Å²) in [6, 6.07) is 45.4. The van der Waals surface area contributed by atoms with Gasteiger partial charge in [-0.2, -0.15) is 9.15 Å². The van der Waals surface area contributed by atoms with Gasteiger partial charge in [0.15, 0.2) is 6.20 Å². The molecule has 2 aliphatic rings. The fourth-order valence-corrected chi connectivity index (χ4v) is 6.46. The molecule has 5 aromatic rings. The lowest BCUT2D eigenvalue weighted by Gasteiger charge is -2.19. The number of hydrogen-bond acceptors (Lipinski definition) is 0. The van der Waals surface area contributed by atoms with Crippen molar-refractivity contribution in [3.8, 4) is 22.3 Å². The van der Waals surface area contributed by atoms with Crippen molar-refractivity contribution in [3.63, 3.8) is 0 Å². The van der Waals surface area contributed by atoms with Gasteiger partial charge in [-0.3, -0.25) is 0 Å². The molecule has 0 atom stereocenters. The Morgan fingerprint density at radius 1 is 0.600 bits per heavy atom. The molecule has 0 spiro atoms. The van der Waals surface area contributed by atoms with Gasteiger partial charge in [0.2, 0.25) is 28.5 Å². The lowest BCUT2D eigenvalue weighted by atomic mass is 9.92. The Kier molecular flexibility index (Phi) is 9.53. The van der Waals surface area contributed by atoms with Crippen LogP contribution in [-0.4, -0.2) is 16.0 Å². The SMILES string of the molecule is C=C1C=CC=C[N+](c2ccc(-c3ccccc3)cc2)=C1/C=C(\C=C/C)c1ccc2c(c1)C(/C=C\C=C/C)=[N+]2c1ccc(-c2ccccc2)cc1. The van der Waals surface area contributed by atoms with Crippen molar-refractivity contribution in [1.82, 2.24) is 4.58 Å². The van der Waals surface area contributed by atoms with E-state index in [4.69, 9.17) is 0 Å². The highest BCUT2D eigenvalue weighted by molar-refractivity contribution is 6.21. The highest BCUT2D eigenvalue weighted by Crippen LogP contribution is 2.37. The molecule has 7 rings (SSSR count). The van der Waals surface area contributed by atoms with Gasteiger partial charge in [-0.25, -0.2) is 0 Å². The predicted molar refractivity (Wildman–Crippen MR) is 215 cm³/mol. The standard InChI is InChI=1S/C48H40N2/c1-4-6-9-22-46-45-34-42(27-32-47(45)50(46)44-30-25-40(26-31-44)38-20-12-8-13-21-38)41(16-5-2)35-48-36(3)17-14-15-33-49(48)43-28-23-39(24-29-43)37-18-10-7-11-19-37/h4-35H,3H2,1-2H3/q+2/b6-4-,16-5-,22-9-,41-35+. The number of nitrogens with zero attached hydrogens (tertiary/aromatic N) is 2. The van der Waals surface area contributed by atoms with Crippen LogP contribution in [0.25, 0.3) is 27.8 Å². The minimum absolute atomic E-state index is 0.944. The zero-order chi connectivity index (χ0) is 34.3. The summed E-state index contributed by atoms with van der Waals surface area (Å²) >= 11 is 0. The van der Waals surface area contributed by atoms with Crippen molar-refractivity contribution in [1.29, 1.82) is 0 Å². The summed E-state index contributed by atoms with van der Waals surface area (Å²) in [5.41, 5.74) is 14.9. The van der Waals surface area contributed by atoms with Crippen molar-refractivity contribution in [2.75, 3.05) is 0 Å². The summed E-state index contributed by atoms with van der Waals surface area (Å²) < 4.78 is 4.56. The molecule has 0 aromatic heterocycles. The Morgan fingerprint density at radius 3 is 1.84 bits per heavy atom. The molecule has 0 radical (unpaired) electrons. The van der Waals surface area contributed by atoms with E-state index in [1.54, 1.807) is 0 Å². The molecule has 2 heteroatoms. The second-order valence-corrected chi connectivity index (χ2v) is 12.2. The summed E-state index contributed by atoms with van der Waals surface area (Å²) in [7, 11) is 0. The molecule has 50 heavy (non-hydrogen) atoms. The van der Waals surface area contributed by atoms with Crippen LogP contribution in [0.3, 0.4) is 0 Å². The van der Waals surface area contributed by atoms with Crippen LogP contribution in [0.2, 0.25) is 0 Å². The smallest absolute Gasteiger partial charge is 0.160 e. The van der Waals surface area contributed by atoms with Crippen molar-refractivity contribution < 1.29 is 4.58 Å². The van der Waals surface area contributed by atoms with E-state index in [9.17, 15) is 0 Å². The van der Waals surface area contributed by atoms with Crippen LogP contribution in [0.5, 0.6) is 0 Å². The third-order valence-electron chi connectivity index (χ3n) is 9.00. The van der Waals surface area contributed by atoms with Gasteiger partial charge in [-0.1, -0.05) is 104 Å². The first-order valence-corrected chi connectivity index (χ1v) is 17.1. The maximum absolute atomic E-state index is 4.47. The van der Waals surface area contributed by atoms with E-state index < -0.39 is 0 Å². The molecule has 2 heterocycles. The molecule has 0 saturated carbocycles. The molecule has 0 aliphatic carbocycles. The maximum atomic E-state index is 4.47. The fraction of sp³-hybridized carbons (Fsp3) is 0.0417. The van der Waals surface area contributed by atoms with Crippen molar-refractivity contribution in [3.05, 3.63) is 218 Å². The van der Waals surface area contributed by atoms with E-state index >= 15 is 0 Å². The van der Waals surface area contributed by atoms with Crippen LogP contribution in [-0.2, 0) is 0 Å². The van der Waals surface area contributed by atoms with Gasteiger partial charge in [-0.05, 0) is 89.7 Å². The first kappa shape index (κ1) is 32.2. The Hall–Kier alpha value is -6.38. The Bertz CT molecular complexity index is 2290. The zero-order valence-corrected chi connectivity index (χ0v) is 28.6. The topological polar surface area (TPSA) is 6.02 Å². The molecule has 2 aliphatic heterocycles. The second kappa shape index (κ2) is 14.8. The number of hydrogen-bond donors (Lipinski definition) is 0. The van der Waals surface area contributed by atoms with Gasteiger partial charge in [0.1, 0.15) is 5.56 Å². The first-order chi connectivity index (χ1) is 24.6. The van der Waals surface area contributed by atoms with Crippen LogP contribution < -0.4 is 4.58 Å². The average Bonchev–Trinajstić information content (AvgIpc) is 3.35. The molecule has 0 bridgehead atoms. The van der Waals surface area contributed by atoms with Gasteiger partial charge in [0, 0.05) is 54.1 Å². The first-order valence-electron chi connectivity index (χ1n) is 17.1. The normalized spacial score (nSPS) is 14.6. The van der Waals surface area contributed by atoms with Gasteiger partial charge >= 0.3 is 0 Å². The van der Waals surface area contributed by atoms with E-state index in [1.807, 2.05) is 19.1 Å². The van der Waals surface area contributed by atoms with Gasteiger partial charge < -0.3 is 0 Å². The third kappa shape index (κ3) is 6.65. The number of benzene rings is 5. The number of fused-ring (bicyclic) bond motifs is 1. The van der Waals surface area contributed by atoms with E-state index in [1.165, 1.54) is 39.2 Å². The number of rotatable bonds is 9. The van der Waals surface area contributed by atoms with Crippen LogP contribution in [0.1, 0.15) is 25.0 Å². The molecule has 0 unspecified atom stereocenters. The molecule has 0 N–H and O–H groups in total. The largest absolute Gasteiger partial charge is 0.225 e. The van der Waals surface area contributed by atoms with E-state index in [0.717, 1.165) is 33.8 Å². The number of allylic oxidation sites excluding steroid dienone is 12. The lowest BCUT2D eigenvalue weighted by Crippen LogP contribution is -2.27. The molecule has 0 saturated heterocycles. The van der Waals surface area contributed by atoms with Crippen LogP contribution in [0.15, 0.2) is 207 Å². The maximum Gasteiger partial charge on any atom is 0.225 e. The molecular weight excluding hydrogens is 605 g/mol. The highest BCUT2D eigenvalue weighted by Gasteiger charge is 2.36. The van der Waals surface area contributed by atoms with Crippen LogP contribution >= 0.6 is 0 Å². The summed E-state index contributed by atoms with van der Waals surface area (Å²) in [4.78, 5) is 0. The second-order valence-electron chi connectivity index (χ2n) is 12.2. The van der Waals surface area contributed by atoms with Crippen LogP contribution in [0.4, 0.5) is 17.1 Å². The Labute approximate surface area is 296 Å². The van der Waals surface area contributed by atoms with Crippen molar-refractivity contribution >= 4 is 34.1 Å². The predicted octanol–water partition coefficient (Wildman–Crippen LogP) is 12.2. The lowest BCUT2D eigenvalue weighted by molar-refractivity contribution is -0.358. The molecule has 2 nitrogen and oxygen atoms in total. The summed E-state index contributed by atoms with van der Waals surface area (Å²) in [6.45, 7) is 8.58. The molecule has 5 aromatic carbocycles. The minimum atomic E-state index is 0.944. The molecule has 0 fully saturated rings. The summed E-state index contributed by atoms with van der Waals surface area (Å²) in [6.07, 6.45) is 23.3. The molecular formula is C48H40N2+2. The zero-order valence-electron chi connectivity index (χ0n) is 28.6. The summed E-state index contributed by atoms with van der Waals surface area (Å²) in [5, 5.41) is 0. The van der Waals surface area contributed by atoms with Gasteiger partial charge in [0.25, 0.3) is 0 Å². The monoisotopic (exact) mass is 644 g/mol. The quantitative estimate of drug-likeness (QED) is 0.111. The third-order valence-corrected chi connectivity index (χ3v) is 9.00. The van der Waals surface area contributed by atoms with Crippen molar-refractivity contribution in [2.24, 2.45) is 0 Å². The van der Waals surface area contributed by atoms with E-state index in [2.05, 4.69) is 205 Å². The molecule has 0 amide bonds. The molecule has 240 valence electrons. The Balaban J connectivity index is 1.28. The minimum Gasteiger partial charge on any atom is -0.160 e. The highest BCUT2D eigenvalue weighted by atomic mass is 15.1. The average molecular weight is 645 g/mol. The van der Waals surface area contributed by atoms with Crippen LogP contribution in [0, 0.1) is 0 Å². The van der Waals surface area contributed by atoms with E-state index in [0.29, 0.717) is 0 Å².